The summed E-state index contributed by atoms with van der Waals surface area (Å²) in [4.78, 5) is 11.2. The van der Waals surface area contributed by atoms with E-state index < -0.39 is 0 Å². The molecule has 1 unspecified atom stereocenters. The summed E-state index contributed by atoms with van der Waals surface area (Å²) in [5.41, 5.74) is 1.72. The summed E-state index contributed by atoms with van der Waals surface area (Å²) in [6.45, 7) is 5.51. The van der Waals surface area contributed by atoms with E-state index in [1.54, 1.807) is 7.11 Å². The monoisotopic (exact) mass is 372 g/mol. The molecule has 27 heavy (non-hydrogen) atoms. The van der Waals surface area contributed by atoms with Gasteiger partial charge in [-0.15, -0.1) is 0 Å². The highest BCUT2D eigenvalue weighted by atomic mass is 16.5. The number of ether oxygens (including phenoxy) is 2. The van der Waals surface area contributed by atoms with Gasteiger partial charge in [0.15, 0.2) is 11.5 Å². The SMILES string of the molecule is CNc1cc(C)nc(Nc2ccc(OC)c(OCC3CN(C)CCN3)c2)n1. The van der Waals surface area contributed by atoms with Crippen LogP contribution >= 0.6 is 0 Å². The molecular weight excluding hydrogens is 344 g/mol. The lowest BCUT2D eigenvalue weighted by molar-refractivity contribution is 0.177. The van der Waals surface area contributed by atoms with Crippen molar-refractivity contribution in [3.05, 3.63) is 30.0 Å². The van der Waals surface area contributed by atoms with E-state index >= 15 is 0 Å². The molecule has 3 N–H and O–H groups in total. The maximum Gasteiger partial charge on any atom is 0.229 e. The molecule has 1 aliphatic rings. The molecule has 1 fully saturated rings. The Balaban J connectivity index is 1.72. The van der Waals surface area contributed by atoms with Crippen molar-refractivity contribution < 1.29 is 9.47 Å². The first kappa shape index (κ1) is 19.2. The Morgan fingerprint density at radius 3 is 2.85 bits per heavy atom. The third-order valence-corrected chi connectivity index (χ3v) is 4.43. The molecule has 0 spiro atoms. The average molecular weight is 372 g/mol. The number of hydrogen-bond acceptors (Lipinski definition) is 8. The van der Waals surface area contributed by atoms with Gasteiger partial charge >= 0.3 is 0 Å². The van der Waals surface area contributed by atoms with Crippen LogP contribution in [0.1, 0.15) is 5.69 Å². The van der Waals surface area contributed by atoms with Crippen LogP contribution in [0.5, 0.6) is 11.5 Å². The van der Waals surface area contributed by atoms with Crippen LogP contribution in [0.2, 0.25) is 0 Å². The Hall–Kier alpha value is -2.58. The molecule has 1 aromatic heterocycles. The van der Waals surface area contributed by atoms with E-state index in [-0.39, 0.29) is 0 Å². The van der Waals surface area contributed by atoms with Gasteiger partial charge in [-0.25, -0.2) is 4.98 Å². The van der Waals surface area contributed by atoms with E-state index in [0.29, 0.717) is 30.1 Å². The molecule has 3 rings (SSSR count). The molecular formula is C19H28N6O2. The minimum atomic E-state index is 0.295. The lowest BCUT2D eigenvalue weighted by atomic mass is 10.2. The number of anilines is 3. The van der Waals surface area contributed by atoms with Crippen molar-refractivity contribution >= 4 is 17.5 Å². The van der Waals surface area contributed by atoms with Gasteiger partial charge in [-0.2, -0.15) is 4.98 Å². The predicted molar refractivity (Wildman–Crippen MR) is 107 cm³/mol. The van der Waals surface area contributed by atoms with Gasteiger partial charge < -0.3 is 30.3 Å². The summed E-state index contributed by atoms with van der Waals surface area (Å²) >= 11 is 0. The van der Waals surface area contributed by atoms with Gasteiger partial charge in [0.05, 0.1) is 13.2 Å². The van der Waals surface area contributed by atoms with Crippen molar-refractivity contribution in [3.63, 3.8) is 0 Å². The average Bonchev–Trinajstić information content (AvgIpc) is 2.66. The molecule has 1 aromatic carbocycles. The van der Waals surface area contributed by atoms with Gasteiger partial charge in [-0.3, -0.25) is 0 Å². The third kappa shape index (κ3) is 5.21. The standard InChI is InChI=1S/C19H28N6O2/c1-13-9-18(20-2)24-19(22-13)23-14-5-6-16(26-4)17(10-14)27-12-15-11-25(3)8-7-21-15/h5-6,9-10,15,21H,7-8,11-12H2,1-4H3,(H2,20,22,23,24). The quantitative estimate of drug-likeness (QED) is 0.679. The van der Waals surface area contributed by atoms with Gasteiger partial charge in [0.1, 0.15) is 12.4 Å². The number of nitrogens with one attached hydrogen (secondary N) is 3. The van der Waals surface area contributed by atoms with Crippen molar-refractivity contribution in [2.75, 3.05) is 58.1 Å². The van der Waals surface area contributed by atoms with Gasteiger partial charge in [0.25, 0.3) is 0 Å². The molecule has 2 heterocycles. The largest absolute Gasteiger partial charge is 0.493 e. The van der Waals surface area contributed by atoms with Crippen molar-refractivity contribution in [3.8, 4) is 11.5 Å². The number of nitrogens with zero attached hydrogens (tertiary/aromatic N) is 3. The summed E-state index contributed by atoms with van der Waals surface area (Å²) in [7, 11) is 5.60. The van der Waals surface area contributed by atoms with E-state index in [1.807, 2.05) is 38.2 Å². The van der Waals surface area contributed by atoms with E-state index in [4.69, 9.17) is 9.47 Å². The Morgan fingerprint density at radius 2 is 2.11 bits per heavy atom. The van der Waals surface area contributed by atoms with Gasteiger partial charge in [0.2, 0.25) is 5.95 Å². The summed E-state index contributed by atoms with van der Waals surface area (Å²) in [5.74, 6) is 2.69. The fourth-order valence-electron chi connectivity index (χ4n) is 3.04. The van der Waals surface area contributed by atoms with Crippen LogP contribution in [0.15, 0.2) is 24.3 Å². The van der Waals surface area contributed by atoms with Crippen LogP contribution in [0, 0.1) is 6.92 Å². The second-order valence-electron chi connectivity index (χ2n) is 6.68. The zero-order valence-electron chi connectivity index (χ0n) is 16.4. The Morgan fingerprint density at radius 1 is 1.26 bits per heavy atom. The maximum atomic E-state index is 6.06. The lowest BCUT2D eigenvalue weighted by Gasteiger charge is -2.30. The first-order chi connectivity index (χ1) is 13.1. The van der Waals surface area contributed by atoms with E-state index in [2.05, 4.69) is 37.9 Å². The van der Waals surface area contributed by atoms with E-state index in [9.17, 15) is 0 Å². The van der Waals surface area contributed by atoms with Gasteiger partial charge in [-0.1, -0.05) is 0 Å². The topological polar surface area (TPSA) is 83.6 Å². The molecule has 1 aliphatic heterocycles. The predicted octanol–water partition coefficient (Wildman–Crippen LogP) is 1.86. The van der Waals surface area contributed by atoms with Crippen molar-refractivity contribution in [1.29, 1.82) is 0 Å². The molecule has 8 nitrogen and oxygen atoms in total. The molecule has 0 amide bonds. The first-order valence-corrected chi connectivity index (χ1v) is 9.10. The van der Waals surface area contributed by atoms with Crippen LogP contribution in [0.25, 0.3) is 0 Å². The van der Waals surface area contributed by atoms with Crippen molar-refractivity contribution in [2.45, 2.75) is 13.0 Å². The molecule has 8 heteroatoms. The number of aromatic nitrogens is 2. The molecule has 146 valence electrons. The third-order valence-electron chi connectivity index (χ3n) is 4.43. The normalized spacial score (nSPS) is 17.4. The summed E-state index contributed by atoms with van der Waals surface area (Å²) < 4.78 is 11.5. The smallest absolute Gasteiger partial charge is 0.229 e. The Bertz CT molecular complexity index is 770. The minimum absolute atomic E-state index is 0.295. The number of piperazine rings is 1. The van der Waals surface area contributed by atoms with E-state index in [1.165, 1.54) is 0 Å². The minimum Gasteiger partial charge on any atom is -0.493 e. The van der Waals surface area contributed by atoms with Crippen molar-refractivity contribution in [2.24, 2.45) is 0 Å². The zero-order chi connectivity index (χ0) is 19.2. The molecule has 1 atom stereocenters. The first-order valence-electron chi connectivity index (χ1n) is 9.10. The molecule has 0 radical (unpaired) electrons. The number of likely N-dealkylation sites (N-methyl/N-ethyl adjacent to an activating group) is 1. The second-order valence-corrected chi connectivity index (χ2v) is 6.68. The number of rotatable bonds is 7. The Kier molecular flexibility index (Phi) is 6.31. The number of benzene rings is 1. The van der Waals surface area contributed by atoms with Crippen LogP contribution < -0.4 is 25.4 Å². The number of hydrogen-bond donors (Lipinski definition) is 3. The van der Waals surface area contributed by atoms with Crippen LogP contribution in [-0.2, 0) is 0 Å². The molecule has 0 saturated carbocycles. The maximum absolute atomic E-state index is 6.06. The van der Waals surface area contributed by atoms with Gasteiger partial charge in [0, 0.05) is 50.2 Å². The van der Waals surface area contributed by atoms with E-state index in [0.717, 1.165) is 36.8 Å². The number of aryl methyl sites for hydroxylation is 1. The molecule has 0 bridgehead atoms. The molecule has 2 aromatic rings. The van der Waals surface area contributed by atoms with Crippen molar-refractivity contribution in [1.82, 2.24) is 20.2 Å². The highest BCUT2D eigenvalue weighted by molar-refractivity contribution is 5.60. The second kappa shape index (κ2) is 8.88. The van der Waals surface area contributed by atoms with Crippen LogP contribution in [0.3, 0.4) is 0 Å². The highest BCUT2D eigenvalue weighted by Gasteiger charge is 2.18. The highest BCUT2D eigenvalue weighted by Crippen LogP contribution is 2.31. The summed E-state index contributed by atoms with van der Waals surface area (Å²) in [6.07, 6.45) is 0. The molecule has 1 saturated heterocycles. The number of methoxy groups -OCH3 is 1. The lowest BCUT2D eigenvalue weighted by Crippen LogP contribution is -2.51. The molecule has 0 aliphatic carbocycles. The Labute approximate surface area is 160 Å². The summed E-state index contributed by atoms with van der Waals surface area (Å²) in [6, 6.07) is 7.90. The fraction of sp³-hybridized carbons (Fsp3) is 0.474. The fourth-order valence-corrected chi connectivity index (χ4v) is 3.04. The van der Waals surface area contributed by atoms with Gasteiger partial charge in [-0.05, 0) is 26.1 Å². The van der Waals surface area contributed by atoms with Crippen LogP contribution in [0.4, 0.5) is 17.5 Å². The zero-order valence-corrected chi connectivity index (χ0v) is 16.4. The van der Waals surface area contributed by atoms with Crippen LogP contribution in [-0.4, -0.2) is 68.4 Å². The summed E-state index contributed by atoms with van der Waals surface area (Å²) in [5, 5.41) is 9.75.